The van der Waals surface area contributed by atoms with E-state index in [0.717, 1.165) is 42.7 Å². The van der Waals surface area contributed by atoms with Gasteiger partial charge >= 0.3 is 0 Å². The fourth-order valence-corrected chi connectivity index (χ4v) is 2.59. The Kier molecular flexibility index (Phi) is 3.35. The fraction of sp³-hybridized carbons (Fsp3) is 0.357. The number of piperidine rings is 1. The van der Waals surface area contributed by atoms with Gasteiger partial charge in [-0.05, 0) is 44.1 Å². The molecule has 0 spiro atoms. The first kappa shape index (κ1) is 11.8. The Labute approximate surface area is 112 Å². The summed E-state index contributed by atoms with van der Waals surface area (Å²) in [7, 11) is 0. The van der Waals surface area contributed by atoms with Crippen LogP contribution in [0.5, 0.6) is 0 Å². The molecule has 1 aliphatic rings. The van der Waals surface area contributed by atoms with Gasteiger partial charge in [0, 0.05) is 11.4 Å². The molecule has 1 aliphatic heterocycles. The Morgan fingerprint density at radius 2 is 2.00 bits per heavy atom. The normalized spacial score (nSPS) is 16.9. The highest BCUT2D eigenvalue weighted by atomic mass is 35.5. The SMILES string of the molecule is Clc1cccc2ccc(NC3CCNCC3)nc12. The predicted octanol–water partition coefficient (Wildman–Crippen LogP) is 3.05. The average Bonchev–Trinajstić information content (AvgIpc) is 2.41. The molecule has 2 heterocycles. The lowest BCUT2D eigenvalue weighted by molar-refractivity contribution is 0.478. The zero-order chi connectivity index (χ0) is 12.4. The van der Waals surface area contributed by atoms with Crippen LogP contribution in [0.15, 0.2) is 30.3 Å². The molecule has 1 aromatic heterocycles. The van der Waals surface area contributed by atoms with Gasteiger partial charge in [0.2, 0.25) is 0 Å². The zero-order valence-electron chi connectivity index (χ0n) is 10.1. The third-order valence-electron chi connectivity index (χ3n) is 3.36. The molecule has 2 N–H and O–H groups in total. The number of halogens is 1. The molecule has 18 heavy (non-hydrogen) atoms. The number of pyridine rings is 1. The van der Waals surface area contributed by atoms with Crippen molar-refractivity contribution in [1.82, 2.24) is 10.3 Å². The van der Waals surface area contributed by atoms with E-state index < -0.39 is 0 Å². The topological polar surface area (TPSA) is 37.0 Å². The zero-order valence-corrected chi connectivity index (χ0v) is 10.9. The molecule has 0 unspecified atom stereocenters. The number of para-hydroxylation sites is 1. The number of fused-ring (bicyclic) bond motifs is 1. The third kappa shape index (κ3) is 2.42. The van der Waals surface area contributed by atoms with E-state index in [1.807, 2.05) is 24.3 Å². The van der Waals surface area contributed by atoms with Crippen LogP contribution in [0.4, 0.5) is 5.82 Å². The summed E-state index contributed by atoms with van der Waals surface area (Å²) in [5, 5.41) is 8.64. The summed E-state index contributed by atoms with van der Waals surface area (Å²) in [6.45, 7) is 2.15. The summed E-state index contributed by atoms with van der Waals surface area (Å²) in [6, 6.07) is 10.5. The van der Waals surface area contributed by atoms with Crippen molar-refractivity contribution in [2.75, 3.05) is 18.4 Å². The van der Waals surface area contributed by atoms with E-state index in [1.165, 1.54) is 0 Å². The number of nitrogens with one attached hydrogen (secondary N) is 2. The maximum atomic E-state index is 6.17. The van der Waals surface area contributed by atoms with Gasteiger partial charge in [0.05, 0.1) is 10.5 Å². The third-order valence-corrected chi connectivity index (χ3v) is 3.67. The van der Waals surface area contributed by atoms with Gasteiger partial charge in [0.25, 0.3) is 0 Å². The van der Waals surface area contributed by atoms with Gasteiger partial charge in [-0.15, -0.1) is 0 Å². The molecular formula is C14H16ClN3. The highest BCUT2D eigenvalue weighted by Crippen LogP contribution is 2.23. The van der Waals surface area contributed by atoms with Crippen molar-refractivity contribution in [3.8, 4) is 0 Å². The van der Waals surface area contributed by atoms with Crippen LogP contribution in [0.2, 0.25) is 5.02 Å². The standard InChI is InChI=1S/C14H16ClN3/c15-12-3-1-2-10-4-5-13(18-14(10)12)17-11-6-8-16-9-7-11/h1-5,11,16H,6-9H2,(H,17,18). The molecule has 0 amide bonds. The molecule has 0 aliphatic carbocycles. The predicted molar refractivity (Wildman–Crippen MR) is 76.3 cm³/mol. The van der Waals surface area contributed by atoms with Crippen molar-refractivity contribution in [1.29, 1.82) is 0 Å². The monoisotopic (exact) mass is 261 g/mol. The Balaban J connectivity index is 1.86. The van der Waals surface area contributed by atoms with Crippen LogP contribution in [0.1, 0.15) is 12.8 Å². The summed E-state index contributed by atoms with van der Waals surface area (Å²) in [4.78, 5) is 4.61. The van der Waals surface area contributed by atoms with E-state index in [4.69, 9.17) is 11.6 Å². The molecular weight excluding hydrogens is 246 g/mol. The molecule has 3 nitrogen and oxygen atoms in total. The Bertz CT molecular complexity index is 550. The van der Waals surface area contributed by atoms with Crippen molar-refractivity contribution in [2.24, 2.45) is 0 Å². The lowest BCUT2D eigenvalue weighted by atomic mass is 10.1. The molecule has 1 fully saturated rings. The van der Waals surface area contributed by atoms with E-state index in [0.29, 0.717) is 11.1 Å². The molecule has 2 aromatic rings. The number of rotatable bonds is 2. The number of anilines is 1. The van der Waals surface area contributed by atoms with Gasteiger partial charge in [0.1, 0.15) is 5.82 Å². The van der Waals surface area contributed by atoms with Crippen LogP contribution in [0, 0.1) is 0 Å². The molecule has 0 bridgehead atoms. The molecule has 1 saturated heterocycles. The fourth-order valence-electron chi connectivity index (χ4n) is 2.37. The molecule has 0 atom stereocenters. The number of benzene rings is 1. The Morgan fingerprint density at radius 1 is 1.17 bits per heavy atom. The highest BCUT2D eigenvalue weighted by Gasteiger charge is 2.13. The van der Waals surface area contributed by atoms with Crippen LogP contribution < -0.4 is 10.6 Å². The second-order valence-corrected chi connectivity index (χ2v) is 5.08. The number of hydrogen-bond donors (Lipinski definition) is 2. The van der Waals surface area contributed by atoms with E-state index in [-0.39, 0.29) is 0 Å². The van der Waals surface area contributed by atoms with Gasteiger partial charge in [-0.3, -0.25) is 0 Å². The van der Waals surface area contributed by atoms with Gasteiger partial charge in [0.15, 0.2) is 0 Å². The molecule has 0 radical (unpaired) electrons. The lowest BCUT2D eigenvalue weighted by Gasteiger charge is -2.24. The first-order chi connectivity index (χ1) is 8.83. The minimum absolute atomic E-state index is 0.513. The number of hydrogen-bond acceptors (Lipinski definition) is 3. The summed E-state index contributed by atoms with van der Waals surface area (Å²) in [5.74, 6) is 0.919. The van der Waals surface area contributed by atoms with E-state index in [9.17, 15) is 0 Å². The second-order valence-electron chi connectivity index (χ2n) is 4.68. The van der Waals surface area contributed by atoms with Crippen molar-refractivity contribution < 1.29 is 0 Å². The average molecular weight is 262 g/mol. The van der Waals surface area contributed by atoms with E-state index in [2.05, 4.69) is 21.7 Å². The Hall–Kier alpha value is -1.32. The van der Waals surface area contributed by atoms with Crippen molar-refractivity contribution >= 4 is 28.3 Å². The molecule has 3 rings (SSSR count). The van der Waals surface area contributed by atoms with Crippen molar-refractivity contribution in [3.05, 3.63) is 35.4 Å². The summed E-state index contributed by atoms with van der Waals surface area (Å²) in [6.07, 6.45) is 2.28. The van der Waals surface area contributed by atoms with Crippen molar-refractivity contribution in [2.45, 2.75) is 18.9 Å². The minimum Gasteiger partial charge on any atom is -0.367 e. The van der Waals surface area contributed by atoms with Crippen LogP contribution in [-0.2, 0) is 0 Å². The van der Waals surface area contributed by atoms with Gasteiger partial charge < -0.3 is 10.6 Å². The largest absolute Gasteiger partial charge is 0.367 e. The maximum Gasteiger partial charge on any atom is 0.126 e. The van der Waals surface area contributed by atoms with Crippen LogP contribution in [0.3, 0.4) is 0 Å². The van der Waals surface area contributed by atoms with Gasteiger partial charge in [-0.25, -0.2) is 4.98 Å². The molecule has 4 heteroatoms. The van der Waals surface area contributed by atoms with Crippen LogP contribution in [-0.4, -0.2) is 24.1 Å². The minimum atomic E-state index is 0.513. The van der Waals surface area contributed by atoms with Crippen molar-refractivity contribution in [3.63, 3.8) is 0 Å². The van der Waals surface area contributed by atoms with Crippen LogP contribution >= 0.6 is 11.6 Å². The molecule has 1 aromatic carbocycles. The quantitative estimate of drug-likeness (QED) is 0.873. The first-order valence-corrected chi connectivity index (χ1v) is 6.73. The summed E-state index contributed by atoms with van der Waals surface area (Å²) >= 11 is 6.17. The molecule has 94 valence electrons. The van der Waals surface area contributed by atoms with Gasteiger partial charge in [-0.2, -0.15) is 0 Å². The summed E-state index contributed by atoms with van der Waals surface area (Å²) < 4.78 is 0. The lowest BCUT2D eigenvalue weighted by Crippen LogP contribution is -2.35. The molecule has 0 saturated carbocycles. The van der Waals surface area contributed by atoms with E-state index in [1.54, 1.807) is 0 Å². The van der Waals surface area contributed by atoms with Crippen LogP contribution in [0.25, 0.3) is 10.9 Å². The maximum absolute atomic E-state index is 6.17. The first-order valence-electron chi connectivity index (χ1n) is 6.35. The smallest absolute Gasteiger partial charge is 0.126 e. The second kappa shape index (κ2) is 5.12. The van der Waals surface area contributed by atoms with E-state index >= 15 is 0 Å². The Morgan fingerprint density at radius 3 is 2.83 bits per heavy atom. The number of nitrogens with zero attached hydrogens (tertiary/aromatic N) is 1. The van der Waals surface area contributed by atoms with Gasteiger partial charge in [-0.1, -0.05) is 23.7 Å². The highest BCUT2D eigenvalue weighted by molar-refractivity contribution is 6.35. The summed E-state index contributed by atoms with van der Waals surface area (Å²) in [5.41, 5.74) is 0.873. The number of aromatic nitrogens is 1.